The molecule has 1 amide bonds. The molecule has 7 heteroatoms. The average molecular weight is 345 g/mol. The summed E-state index contributed by atoms with van der Waals surface area (Å²) in [5, 5.41) is 2.52. The van der Waals surface area contributed by atoms with E-state index in [1.54, 1.807) is 12.4 Å². The van der Waals surface area contributed by atoms with Crippen molar-refractivity contribution in [1.82, 2.24) is 14.6 Å². The van der Waals surface area contributed by atoms with Gasteiger partial charge in [-0.3, -0.25) is 9.78 Å². The van der Waals surface area contributed by atoms with Gasteiger partial charge < -0.3 is 5.32 Å². The van der Waals surface area contributed by atoms with Crippen LogP contribution in [0.2, 0.25) is 0 Å². The van der Waals surface area contributed by atoms with Crippen molar-refractivity contribution in [2.24, 2.45) is 0 Å². The Bertz CT molecular complexity index is 816. The van der Waals surface area contributed by atoms with Gasteiger partial charge in [-0.05, 0) is 54.8 Å². The Kier molecular flexibility index (Phi) is 4.64. The molecule has 1 N–H and O–H groups in total. The number of hydrogen-bond donors (Lipinski definition) is 1. The molecule has 0 spiro atoms. The Morgan fingerprint density at radius 3 is 2.33 bits per heavy atom. The highest BCUT2D eigenvalue weighted by Crippen LogP contribution is 2.33. The number of sulfonamides is 1. The van der Waals surface area contributed by atoms with Gasteiger partial charge in [-0.2, -0.15) is 4.31 Å². The van der Waals surface area contributed by atoms with Crippen molar-refractivity contribution in [3.63, 3.8) is 0 Å². The van der Waals surface area contributed by atoms with Crippen molar-refractivity contribution in [2.75, 3.05) is 7.05 Å². The quantitative estimate of drug-likeness (QED) is 0.866. The molecule has 3 rings (SSSR count). The van der Waals surface area contributed by atoms with E-state index in [1.807, 2.05) is 12.1 Å². The Hall–Kier alpha value is -2.25. The smallest absolute Gasteiger partial charge is 0.251 e. The molecule has 0 unspecified atom stereocenters. The van der Waals surface area contributed by atoms with E-state index in [0.29, 0.717) is 12.1 Å². The molecule has 0 radical (unpaired) electrons. The fourth-order valence-corrected chi connectivity index (χ4v) is 4.17. The SMILES string of the molecule is CNC(=O)c1ccc(S(=O)(=O)N(Cc2ccncc2)C2CC2)cc1. The zero-order valence-corrected chi connectivity index (χ0v) is 14.2. The number of benzene rings is 1. The molecular weight excluding hydrogens is 326 g/mol. The molecule has 1 saturated carbocycles. The molecule has 1 aliphatic rings. The Balaban J connectivity index is 1.87. The summed E-state index contributed by atoms with van der Waals surface area (Å²) in [7, 11) is -2.07. The van der Waals surface area contributed by atoms with E-state index in [4.69, 9.17) is 0 Å². The van der Waals surface area contributed by atoms with Crippen molar-refractivity contribution in [3.8, 4) is 0 Å². The molecule has 2 aromatic rings. The van der Waals surface area contributed by atoms with Crippen LogP contribution >= 0.6 is 0 Å². The highest BCUT2D eigenvalue weighted by molar-refractivity contribution is 7.89. The molecule has 1 fully saturated rings. The van der Waals surface area contributed by atoms with Crippen LogP contribution in [-0.2, 0) is 16.6 Å². The van der Waals surface area contributed by atoms with Gasteiger partial charge in [0, 0.05) is 37.6 Å². The van der Waals surface area contributed by atoms with Gasteiger partial charge in [0.1, 0.15) is 0 Å². The van der Waals surface area contributed by atoms with Gasteiger partial charge in [0.05, 0.1) is 4.90 Å². The molecule has 0 atom stereocenters. The first-order valence-electron chi connectivity index (χ1n) is 7.75. The van der Waals surface area contributed by atoms with Crippen LogP contribution in [0.25, 0.3) is 0 Å². The third kappa shape index (κ3) is 3.47. The zero-order chi connectivity index (χ0) is 17.2. The largest absolute Gasteiger partial charge is 0.355 e. The fraction of sp³-hybridized carbons (Fsp3) is 0.294. The molecule has 1 heterocycles. The molecular formula is C17H19N3O3S. The minimum atomic E-state index is -3.60. The van der Waals surface area contributed by atoms with E-state index in [1.165, 1.54) is 35.6 Å². The molecule has 1 aliphatic carbocycles. The second-order valence-electron chi connectivity index (χ2n) is 5.74. The topological polar surface area (TPSA) is 79.4 Å². The molecule has 0 aliphatic heterocycles. The van der Waals surface area contributed by atoms with Crippen molar-refractivity contribution in [3.05, 3.63) is 59.9 Å². The summed E-state index contributed by atoms with van der Waals surface area (Å²) < 4.78 is 27.5. The summed E-state index contributed by atoms with van der Waals surface area (Å²) in [5.74, 6) is -0.241. The van der Waals surface area contributed by atoms with Crippen LogP contribution in [0.3, 0.4) is 0 Å². The van der Waals surface area contributed by atoms with Gasteiger partial charge in [-0.15, -0.1) is 0 Å². The van der Waals surface area contributed by atoms with E-state index in [-0.39, 0.29) is 16.8 Å². The second kappa shape index (κ2) is 6.70. The standard InChI is InChI=1S/C17H19N3O3S/c1-18-17(21)14-2-6-16(7-3-14)24(22,23)20(15-4-5-15)12-13-8-10-19-11-9-13/h2-3,6-11,15H,4-5,12H2,1H3,(H,18,21). The van der Waals surface area contributed by atoms with E-state index in [0.717, 1.165) is 18.4 Å². The number of nitrogens with one attached hydrogen (secondary N) is 1. The first-order valence-corrected chi connectivity index (χ1v) is 9.19. The third-order valence-corrected chi connectivity index (χ3v) is 5.90. The van der Waals surface area contributed by atoms with E-state index in [2.05, 4.69) is 10.3 Å². The van der Waals surface area contributed by atoms with Crippen LogP contribution in [0.4, 0.5) is 0 Å². The lowest BCUT2D eigenvalue weighted by Crippen LogP contribution is -2.32. The van der Waals surface area contributed by atoms with Crippen LogP contribution in [-0.4, -0.2) is 36.7 Å². The number of nitrogens with zero attached hydrogens (tertiary/aromatic N) is 2. The Morgan fingerprint density at radius 2 is 1.79 bits per heavy atom. The van der Waals surface area contributed by atoms with Crippen LogP contribution in [0.1, 0.15) is 28.8 Å². The third-order valence-electron chi connectivity index (χ3n) is 3.99. The first-order chi connectivity index (χ1) is 11.5. The maximum Gasteiger partial charge on any atom is 0.251 e. The monoisotopic (exact) mass is 345 g/mol. The number of amides is 1. The summed E-state index contributed by atoms with van der Waals surface area (Å²) in [6, 6.07) is 9.72. The minimum Gasteiger partial charge on any atom is -0.355 e. The van der Waals surface area contributed by atoms with Crippen molar-refractivity contribution in [1.29, 1.82) is 0 Å². The fourth-order valence-electron chi connectivity index (χ4n) is 2.50. The summed E-state index contributed by atoms with van der Waals surface area (Å²) in [6.07, 6.45) is 5.07. The number of carbonyl (C=O) groups excluding carboxylic acids is 1. The Morgan fingerprint density at radius 1 is 1.17 bits per heavy atom. The minimum absolute atomic E-state index is 0.0433. The molecule has 126 valence electrons. The summed E-state index contributed by atoms with van der Waals surface area (Å²) in [5.41, 5.74) is 1.34. The van der Waals surface area contributed by atoms with Gasteiger partial charge in [0.25, 0.3) is 5.91 Å². The van der Waals surface area contributed by atoms with Gasteiger partial charge in [-0.25, -0.2) is 8.42 Å². The van der Waals surface area contributed by atoms with Gasteiger partial charge in [0.2, 0.25) is 10.0 Å². The highest BCUT2D eigenvalue weighted by Gasteiger charge is 2.38. The van der Waals surface area contributed by atoms with E-state index < -0.39 is 10.0 Å². The summed E-state index contributed by atoms with van der Waals surface area (Å²) in [4.78, 5) is 15.8. The maximum atomic E-state index is 13.0. The molecule has 24 heavy (non-hydrogen) atoms. The van der Waals surface area contributed by atoms with E-state index in [9.17, 15) is 13.2 Å². The zero-order valence-electron chi connectivity index (χ0n) is 13.3. The Labute approximate surface area is 141 Å². The number of carbonyl (C=O) groups is 1. The molecule has 1 aromatic carbocycles. The lowest BCUT2D eigenvalue weighted by Gasteiger charge is -2.22. The number of pyridine rings is 1. The van der Waals surface area contributed by atoms with Gasteiger partial charge in [-0.1, -0.05) is 0 Å². The van der Waals surface area contributed by atoms with Crippen molar-refractivity contribution >= 4 is 15.9 Å². The van der Waals surface area contributed by atoms with Crippen molar-refractivity contribution in [2.45, 2.75) is 30.3 Å². The normalized spacial score (nSPS) is 14.6. The predicted molar refractivity (Wildman–Crippen MR) is 89.8 cm³/mol. The number of rotatable bonds is 6. The summed E-state index contributed by atoms with van der Waals surface area (Å²) in [6.45, 7) is 0.326. The maximum absolute atomic E-state index is 13.0. The van der Waals surface area contributed by atoms with Crippen LogP contribution < -0.4 is 5.32 Å². The lowest BCUT2D eigenvalue weighted by atomic mass is 10.2. The molecule has 1 aromatic heterocycles. The summed E-state index contributed by atoms with van der Waals surface area (Å²) >= 11 is 0. The number of hydrogen-bond acceptors (Lipinski definition) is 4. The number of aromatic nitrogens is 1. The molecule has 0 saturated heterocycles. The van der Waals surface area contributed by atoms with Gasteiger partial charge >= 0.3 is 0 Å². The van der Waals surface area contributed by atoms with E-state index >= 15 is 0 Å². The van der Waals surface area contributed by atoms with Gasteiger partial charge in [0.15, 0.2) is 0 Å². The van der Waals surface area contributed by atoms with Crippen molar-refractivity contribution < 1.29 is 13.2 Å². The van der Waals surface area contributed by atoms with Crippen LogP contribution in [0, 0.1) is 0 Å². The molecule has 0 bridgehead atoms. The highest BCUT2D eigenvalue weighted by atomic mass is 32.2. The predicted octanol–water partition coefficient (Wildman–Crippen LogP) is 1.79. The van der Waals surface area contributed by atoms with Crippen LogP contribution in [0.15, 0.2) is 53.7 Å². The lowest BCUT2D eigenvalue weighted by molar-refractivity contribution is 0.0963. The second-order valence-corrected chi connectivity index (χ2v) is 7.63. The molecule has 6 nitrogen and oxygen atoms in total. The average Bonchev–Trinajstić information content (AvgIpc) is 3.44. The first kappa shape index (κ1) is 16.6. The van der Waals surface area contributed by atoms with Crippen LogP contribution in [0.5, 0.6) is 0 Å².